The summed E-state index contributed by atoms with van der Waals surface area (Å²) in [5.74, 6) is 6.65. The largest absolute Gasteiger partial charge is 0.489 e. The number of amides is 2. The van der Waals surface area contributed by atoms with Gasteiger partial charge in [0.1, 0.15) is 41.2 Å². The standard InChI is InChI=1S/C29H27N3O6/c1-32-25-17-20(9-11-29(35)12-15-36-16-13-29)7-8-26(25)37-19-24(28(32)34)31-27(33)23-18-22(10-14-30-23)38-21-5-3-2-4-6-21/h2-8,10,14,17-18,24,35H,12-13,15-16,19H2,1H3,(H,31,33). The van der Waals surface area contributed by atoms with Crippen LogP contribution in [0.2, 0.25) is 0 Å². The highest BCUT2D eigenvalue weighted by Crippen LogP contribution is 2.32. The van der Waals surface area contributed by atoms with Gasteiger partial charge in [0.05, 0.1) is 18.9 Å². The number of fused-ring (bicyclic) bond motifs is 1. The van der Waals surface area contributed by atoms with Crippen molar-refractivity contribution in [2.24, 2.45) is 0 Å². The summed E-state index contributed by atoms with van der Waals surface area (Å²) in [5, 5.41) is 13.3. The van der Waals surface area contributed by atoms with Crippen LogP contribution in [0.5, 0.6) is 17.2 Å². The van der Waals surface area contributed by atoms with E-state index in [0.717, 1.165) is 0 Å². The van der Waals surface area contributed by atoms with Crippen molar-refractivity contribution in [1.29, 1.82) is 0 Å². The number of carbonyl (C=O) groups is 2. The van der Waals surface area contributed by atoms with Crippen LogP contribution < -0.4 is 19.7 Å². The Kier molecular flexibility index (Phi) is 7.26. The van der Waals surface area contributed by atoms with Crippen LogP contribution in [0.3, 0.4) is 0 Å². The fourth-order valence-electron chi connectivity index (χ4n) is 4.16. The summed E-state index contributed by atoms with van der Waals surface area (Å²) in [4.78, 5) is 31.8. The number of benzene rings is 2. The molecule has 2 amide bonds. The summed E-state index contributed by atoms with van der Waals surface area (Å²) in [6, 6.07) is 16.7. The predicted molar refractivity (Wildman–Crippen MR) is 139 cm³/mol. The Bertz CT molecular complexity index is 1390. The van der Waals surface area contributed by atoms with E-state index >= 15 is 0 Å². The second-order valence-corrected chi connectivity index (χ2v) is 9.10. The molecule has 2 N–H and O–H groups in total. The molecule has 0 saturated carbocycles. The van der Waals surface area contributed by atoms with E-state index < -0.39 is 17.6 Å². The van der Waals surface area contributed by atoms with Gasteiger partial charge < -0.3 is 29.5 Å². The van der Waals surface area contributed by atoms with Crippen LogP contribution in [0.1, 0.15) is 28.9 Å². The molecule has 3 heterocycles. The zero-order valence-corrected chi connectivity index (χ0v) is 20.8. The fourth-order valence-corrected chi connectivity index (χ4v) is 4.16. The Hall–Kier alpha value is -4.39. The van der Waals surface area contributed by atoms with E-state index in [-0.39, 0.29) is 18.2 Å². The maximum absolute atomic E-state index is 13.2. The molecule has 1 fully saturated rings. The third kappa shape index (κ3) is 5.78. The molecule has 0 aliphatic carbocycles. The molecule has 2 aromatic carbocycles. The van der Waals surface area contributed by atoms with Crippen LogP contribution in [0, 0.1) is 11.8 Å². The molecular weight excluding hydrogens is 486 g/mol. The first-order valence-electron chi connectivity index (χ1n) is 12.3. The molecule has 1 saturated heterocycles. The van der Waals surface area contributed by atoms with Crippen molar-refractivity contribution < 1.29 is 28.9 Å². The van der Waals surface area contributed by atoms with Crippen molar-refractivity contribution in [1.82, 2.24) is 10.3 Å². The van der Waals surface area contributed by atoms with Gasteiger partial charge >= 0.3 is 0 Å². The molecule has 0 bridgehead atoms. The van der Waals surface area contributed by atoms with E-state index in [2.05, 4.69) is 22.1 Å². The highest BCUT2D eigenvalue weighted by Gasteiger charge is 2.31. The average molecular weight is 514 g/mol. The molecule has 1 atom stereocenters. The lowest BCUT2D eigenvalue weighted by Crippen LogP contribution is -2.49. The summed E-state index contributed by atoms with van der Waals surface area (Å²) in [5.41, 5.74) is 0.179. The Labute approximate surface area is 220 Å². The van der Waals surface area contributed by atoms with Gasteiger partial charge in [0.15, 0.2) is 0 Å². The first-order chi connectivity index (χ1) is 18.4. The lowest BCUT2D eigenvalue weighted by Gasteiger charge is -2.26. The molecule has 0 spiro atoms. The lowest BCUT2D eigenvalue weighted by atomic mass is 9.95. The zero-order valence-electron chi connectivity index (χ0n) is 20.8. The van der Waals surface area contributed by atoms with Crippen LogP contribution in [-0.2, 0) is 9.53 Å². The number of rotatable bonds is 4. The Balaban J connectivity index is 1.28. The first kappa shape index (κ1) is 25.3. The highest BCUT2D eigenvalue weighted by atomic mass is 16.5. The van der Waals surface area contributed by atoms with Crippen molar-refractivity contribution in [2.45, 2.75) is 24.5 Å². The van der Waals surface area contributed by atoms with Gasteiger partial charge in [-0.15, -0.1) is 0 Å². The first-order valence-corrected chi connectivity index (χ1v) is 12.3. The minimum Gasteiger partial charge on any atom is -0.489 e. The normalized spacial score (nSPS) is 18.2. The summed E-state index contributed by atoms with van der Waals surface area (Å²) in [6.45, 7) is 0.883. The molecule has 1 aromatic heterocycles. The second-order valence-electron chi connectivity index (χ2n) is 9.10. The quantitative estimate of drug-likeness (QED) is 0.516. The molecule has 3 aromatic rings. The zero-order chi connectivity index (χ0) is 26.5. The summed E-state index contributed by atoms with van der Waals surface area (Å²) >= 11 is 0. The number of anilines is 1. The third-order valence-corrected chi connectivity index (χ3v) is 6.36. The molecular formula is C29H27N3O6. The van der Waals surface area contributed by atoms with Crippen LogP contribution in [0.25, 0.3) is 0 Å². The van der Waals surface area contributed by atoms with Gasteiger partial charge in [-0.3, -0.25) is 14.6 Å². The Morgan fingerprint density at radius 3 is 2.71 bits per heavy atom. The van der Waals surface area contributed by atoms with Crippen molar-refractivity contribution in [3.05, 3.63) is 78.1 Å². The molecule has 0 radical (unpaired) electrons. The van der Waals surface area contributed by atoms with Gasteiger partial charge in [-0.25, -0.2) is 0 Å². The van der Waals surface area contributed by atoms with Gasteiger partial charge in [-0.2, -0.15) is 0 Å². The summed E-state index contributed by atoms with van der Waals surface area (Å²) < 4.78 is 17.0. The van der Waals surface area contributed by atoms with E-state index in [0.29, 0.717) is 54.6 Å². The number of nitrogens with one attached hydrogen (secondary N) is 1. The predicted octanol–water partition coefficient (Wildman–Crippen LogP) is 2.92. The number of para-hydroxylation sites is 1. The van der Waals surface area contributed by atoms with Crippen LogP contribution in [0.4, 0.5) is 5.69 Å². The van der Waals surface area contributed by atoms with E-state index in [1.165, 1.54) is 17.2 Å². The molecule has 38 heavy (non-hydrogen) atoms. The Morgan fingerprint density at radius 1 is 1.13 bits per heavy atom. The minimum atomic E-state index is -1.09. The van der Waals surface area contributed by atoms with Crippen molar-refractivity contribution in [3.63, 3.8) is 0 Å². The number of likely N-dealkylation sites (N-methyl/N-ethyl adjacent to an activating group) is 1. The van der Waals surface area contributed by atoms with E-state index in [1.807, 2.05) is 18.2 Å². The topological polar surface area (TPSA) is 110 Å². The molecule has 194 valence electrons. The Morgan fingerprint density at radius 2 is 1.92 bits per heavy atom. The lowest BCUT2D eigenvalue weighted by molar-refractivity contribution is -0.120. The van der Waals surface area contributed by atoms with E-state index in [9.17, 15) is 14.7 Å². The minimum absolute atomic E-state index is 0.0487. The van der Waals surface area contributed by atoms with Gasteiger partial charge in [-0.1, -0.05) is 30.0 Å². The average Bonchev–Trinajstić information content (AvgIpc) is 3.05. The van der Waals surface area contributed by atoms with Gasteiger partial charge in [-0.05, 0) is 36.4 Å². The summed E-state index contributed by atoms with van der Waals surface area (Å²) in [7, 11) is 1.62. The SMILES string of the molecule is CN1C(=O)C(NC(=O)c2cc(Oc3ccccc3)ccn2)COc2ccc(C#CC3(O)CCOCC3)cc21. The highest BCUT2D eigenvalue weighted by molar-refractivity contribution is 6.03. The molecule has 5 rings (SSSR count). The van der Waals surface area contributed by atoms with Gasteiger partial charge in [0, 0.05) is 37.7 Å². The molecule has 2 aliphatic heterocycles. The monoisotopic (exact) mass is 513 g/mol. The third-order valence-electron chi connectivity index (χ3n) is 6.36. The van der Waals surface area contributed by atoms with Crippen LogP contribution in [0.15, 0.2) is 66.9 Å². The number of ether oxygens (including phenoxy) is 3. The molecule has 2 aliphatic rings. The van der Waals surface area contributed by atoms with Crippen LogP contribution >= 0.6 is 0 Å². The molecule has 9 heteroatoms. The number of pyridine rings is 1. The number of nitrogens with zero attached hydrogens (tertiary/aromatic N) is 2. The maximum atomic E-state index is 13.2. The second kappa shape index (κ2) is 10.9. The van der Waals surface area contributed by atoms with Crippen molar-refractivity contribution >= 4 is 17.5 Å². The number of carbonyl (C=O) groups excluding carboxylic acids is 2. The number of aromatic nitrogens is 1. The maximum Gasteiger partial charge on any atom is 0.270 e. The van der Waals surface area contributed by atoms with Crippen molar-refractivity contribution in [2.75, 3.05) is 31.8 Å². The number of hydrogen-bond donors (Lipinski definition) is 2. The smallest absolute Gasteiger partial charge is 0.270 e. The van der Waals surface area contributed by atoms with Crippen molar-refractivity contribution in [3.8, 4) is 29.1 Å². The van der Waals surface area contributed by atoms with Gasteiger partial charge in [0.2, 0.25) is 0 Å². The number of hydrogen-bond acceptors (Lipinski definition) is 7. The van der Waals surface area contributed by atoms with Crippen LogP contribution in [-0.4, -0.2) is 60.4 Å². The number of aliphatic hydroxyl groups is 1. The van der Waals surface area contributed by atoms with Gasteiger partial charge in [0.25, 0.3) is 11.8 Å². The van der Waals surface area contributed by atoms with E-state index in [1.54, 1.807) is 43.4 Å². The molecule has 1 unspecified atom stereocenters. The summed E-state index contributed by atoms with van der Waals surface area (Å²) in [6.07, 6.45) is 2.37. The fraction of sp³-hybridized carbons (Fsp3) is 0.276. The van der Waals surface area contributed by atoms with E-state index in [4.69, 9.17) is 14.2 Å². The molecule has 9 nitrogen and oxygen atoms in total.